The van der Waals surface area contributed by atoms with Crippen molar-refractivity contribution in [2.75, 3.05) is 11.4 Å². The molecule has 1 saturated heterocycles. The van der Waals surface area contributed by atoms with Crippen LogP contribution in [0.2, 0.25) is 10.0 Å². The van der Waals surface area contributed by atoms with Crippen LogP contribution in [0.3, 0.4) is 0 Å². The molecule has 1 fully saturated rings. The van der Waals surface area contributed by atoms with E-state index < -0.39 is 16.7 Å². The lowest BCUT2D eigenvalue weighted by Crippen LogP contribution is -2.26. The molecule has 92 valence electrons. The first-order valence-corrected chi connectivity index (χ1v) is 6.00. The van der Waals surface area contributed by atoms with Crippen LogP contribution in [0.15, 0.2) is 6.07 Å². The van der Waals surface area contributed by atoms with Crippen molar-refractivity contribution in [2.24, 2.45) is 0 Å². The molecule has 0 radical (unpaired) electrons. The third-order valence-corrected chi connectivity index (χ3v) is 3.43. The molecule has 2 rings (SSSR count). The Bertz CT molecular complexity index is 498. The molecular weight excluding hydrogens is 291 g/mol. The Balaban J connectivity index is 2.50. The first-order chi connectivity index (χ1) is 7.91. The van der Waals surface area contributed by atoms with Gasteiger partial charge in [0.15, 0.2) is 11.6 Å². The number of thiol groups is 1. The minimum atomic E-state index is -1.02. The maximum absolute atomic E-state index is 13.7. The summed E-state index contributed by atoms with van der Waals surface area (Å²) in [6.45, 7) is 0.247. The van der Waals surface area contributed by atoms with Crippen molar-refractivity contribution >= 4 is 47.4 Å². The zero-order valence-electron chi connectivity index (χ0n) is 8.38. The fraction of sp³-hybridized carbons (Fsp3) is 0.300. The number of carbonyl (C=O) groups excluding carboxylic acids is 1. The number of hydrogen-bond donors (Lipinski definition) is 1. The summed E-state index contributed by atoms with van der Waals surface area (Å²) < 4.78 is 27.0. The van der Waals surface area contributed by atoms with Gasteiger partial charge in [0.2, 0.25) is 5.91 Å². The van der Waals surface area contributed by atoms with Gasteiger partial charge in [-0.2, -0.15) is 12.6 Å². The number of hydrogen-bond acceptors (Lipinski definition) is 2. The van der Waals surface area contributed by atoms with E-state index >= 15 is 0 Å². The Hall–Kier alpha value is -0.520. The molecule has 0 N–H and O–H groups in total. The third-order valence-electron chi connectivity index (χ3n) is 2.48. The average molecular weight is 298 g/mol. The van der Waals surface area contributed by atoms with Gasteiger partial charge in [-0.05, 0) is 6.07 Å². The summed E-state index contributed by atoms with van der Waals surface area (Å²) in [7, 11) is 0. The summed E-state index contributed by atoms with van der Waals surface area (Å²) in [6, 6.07) is 1.06. The fourth-order valence-corrected chi connectivity index (χ4v) is 2.44. The average Bonchev–Trinajstić information content (AvgIpc) is 2.60. The highest BCUT2D eigenvalue weighted by molar-refractivity contribution is 7.81. The van der Waals surface area contributed by atoms with Crippen LogP contribution in [0.4, 0.5) is 14.5 Å². The molecular formula is C10H7Cl2F2NOS. The van der Waals surface area contributed by atoms with Gasteiger partial charge in [-0.1, -0.05) is 23.2 Å². The number of benzene rings is 1. The lowest BCUT2D eigenvalue weighted by atomic mass is 10.2. The molecule has 1 heterocycles. The van der Waals surface area contributed by atoms with Crippen LogP contribution >= 0.6 is 35.8 Å². The zero-order chi connectivity index (χ0) is 12.7. The molecule has 7 heteroatoms. The Morgan fingerprint density at radius 3 is 2.53 bits per heavy atom. The van der Waals surface area contributed by atoms with Crippen LogP contribution < -0.4 is 4.90 Å². The van der Waals surface area contributed by atoms with E-state index in [-0.39, 0.29) is 34.8 Å². The summed E-state index contributed by atoms with van der Waals surface area (Å²) in [5.74, 6) is -2.30. The van der Waals surface area contributed by atoms with Crippen LogP contribution in [0.5, 0.6) is 0 Å². The van der Waals surface area contributed by atoms with E-state index in [1.165, 1.54) is 4.90 Å². The van der Waals surface area contributed by atoms with E-state index in [0.29, 0.717) is 0 Å². The fourth-order valence-electron chi connectivity index (χ4n) is 1.68. The topological polar surface area (TPSA) is 20.3 Å². The second-order valence-electron chi connectivity index (χ2n) is 3.68. The number of anilines is 1. The Morgan fingerprint density at radius 2 is 2.00 bits per heavy atom. The van der Waals surface area contributed by atoms with Crippen molar-refractivity contribution in [2.45, 2.75) is 11.7 Å². The first-order valence-electron chi connectivity index (χ1n) is 4.73. The van der Waals surface area contributed by atoms with Crippen molar-refractivity contribution in [1.29, 1.82) is 0 Å². The van der Waals surface area contributed by atoms with Gasteiger partial charge < -0.3 is 4.90 Å². The molecule has 1 aliphatic rings. The predicted molar refractivity (Wildman–Crippen MR) is 66.1 cm³/mol. The van der Waals surface area contributed by atoms with Gasteiger partial charge in [0, 0.05) is 18.2 Å². The third kappa shape index (κ3) is 2.23. The maximum Gasteiger partial charge on any atom is 0.228 e. The van der Waals surface area contributed by atoms with E-state index in [9.17, 15) is 13.6 Å². The van der Waals surface area contributed by atoms with Gasteiger partial charge in [0.1, 0.15) is 5.02 Å². The Morgan fingerprint density at radius 1 is 1.35 bits per heavy atom. The molecule has 1 aromatic rings. The second-order valence-corrected chi connectivity index (χ2v) is 5.20. The summed E-state index contributed by atoms with van der Waals surface area (Å²) in [5, 5.41) is -1.20. The van der Waals surface area contributed by atoms with Crippen LogP contribution in [-0.2, 0) is 4.79 Å². The summed E-state index contributed by atoms with van der Waals surface area (Å²) >= 11 is 15.2. The van der Waals surface area contributed by atoms with Crippen LogP contribution in [0.1, 0.15) is 6.42 Å². The largest absolute Gasteiger partial charge is 0.308 e. The normalized spacial score (nSPS) is 20.2. The van der Waals surface area contributed by atoms with Crippen molar-refractivity contribution < 1.29 is 13.6 Å². The molecule has 1 unspecified atom stereocenters. The molecule has 0 aromatic heterocycles. The highest BCUT2D eigenvalue weighted by Crippen LogP contribution is 2.35. The SMILES string of the molecule is O=C1CC(S)CN1c1cc(Cl)c(F)c(Cl)c1F. The van der Waals surface area contributed by atoms with Gasteiger partial charge in [0.25, 0.3) is 0 Å². The number of amides is 1. The molecule has 0 aliphatic carbocycles. The van der Waals surface area contributed by atoms with Crippen molar-refractivity contribution in [3.05, 3.63) is 27.7 Å². The smallest absolute Gasteiger partial charge is 0.228 e. The van der Waals surface area contributed by atoms with Crippen LogP contribution in [0.25, 0.3) is 0 Å². The maximum atomic E-state index is 13.7. The van der Waals surface area contributed by atoms with E-state index in [1.54, 1.807) is 0 Å². The highest BCUT2D eigenvalue weighted by Gasteiger charge is 2.31. The number of rotatable bonds is 1. The molecule has 1 atom stereocenters. The molecule has 1 aliphatic heterocycles. The molecule has 2 nitrogen and oxygen atoms in total. The van der Waals surface area contributed by atoms with Gasteiger partial charge in [-0.3, -0.25) is 4.79 Å². The minimum Gasteiger partial charge on any atom is -0.308 e. The predicted octanol–water partition coefficient (Wildman–Crippen LogP) is 3.31. The quantitative estimate of drug-likeness (QED) is 0.479. The lowest BCUT2D eigenvalue weighted by molar-refractivity contribution is -0.117. The number of carbonyl (C=O) groups is 1. The van der Waals surface area contributed by atoms with Crippen molar-refractivity contribution in [3.8, 4) is 0 Å². The molecule has 0 saturated carbocycles. The zero-order valence-corrected chi connectivity index (χ0v) is 10.8. The first kappa shape index (κ1) is 12.9. The summed E-state index contributed by atoms with van der Waals surface area (Å²) in [5.41, 5.74) is -0.108. The molecule has 0 spiro atoms. The summed E-state index contributed by atoms with van der Waals surface area (Å²) in [6.07, 6.45) is 0.204. The van der Waals surface area contributed by atoms with E-state index in [0.717, 1.165) is 6.07 Å². The van der Waals surface area contributed by atoms with Gasteiger partial charge in [-0.25, -0.2) is 8.78 Å². The summed E-state index contributed by atoms with van der Waals surface area (Å²) in [4.78, 5) is 12.7. The lowest BCUT2D eigenvalue weighted by Gasteiger charge is -2.18. The van der Waals surface area contributed by atoms with Gasteiger partial charge >= 0.3 is 0 Å². The monoisotopic (exact) mass is 297 g/mol. The number of halogens is 4. The van der Waals surface area contributed by atoms with E-state index in [4.69, 9.17) is 23.2 Å². The molecule has 1 aromatic carbocycles. The second kappa shape index (κ2) is 4.63. The molecule has 17 heavy (non-hydrogen) atoms. The van der Waals surface area contributed by atoms with Gasteiger partial charge in [0.05, 0.1) is 10.7 Å². The standard InChI is InChI=1S/C10H7Cl2F2NOS/c11-5-2-6(10(14)8(12)9(5)13)15-3-4(17)1-7(15)16/h2,4,17H,1,3H2. The Labute approximate surface area is 112 Å². The Kier molecular flexibility index (Phi) is 3.52. The number of nitrogens with zero attached hydrogens (tertiary/aromatic N) is 1. The van der Waals surface area contributed by atoms with Crippen molar-refractivity contribution in [1.82, 2.24) is 0 Å². The van der Waals surface area contributed by atoms with E-state index in [1.807, 2.05) is 0 Å². The van der Waals surface area contributed by atoms with Crippen LogP contribution in [-0.4, -0.2) is 17.7 Å². The molecule has 0 bridgehead atoms. The molecule has 1 amide bonds. The van der Waals surface area contributed by atoms with E-state index in [2.05, 4.69) is 12.6 Å². The van der Waals surface area contributed by atoms with Gasteiger partial charge in [-0.15, -0.1) is 0 Å². The minimum absolute atomic E-state index is 0.108. The van der Waals surface area contributed by atoms with Crippen molar-refractivity contribution in [3.63, 3.8) is 0 Å². The highest BCUT2D eigenvalue weighted by atomic mass is 35.5. The van der Waals surface area contributed by atoms with Crippen LogP contribution in [0, 0.1) is 11.6 Å².